The van der Waals surface area contributed by atoms with Gasteiger partial charge in [0.2, 0.25) is 0 Å². The molecule has 1 N–H and O–H groups in total. The number of methoxy groups -OCH3 is 1. The Kier molecular flexibility index (Phi) is 4.54. The molecule has 1 aromatic carbocycles. The van der Waals surface area contributed by atoms with E-state index in [9.17, 15) is 0 Å². The number of rotatable bonds is 4. The lowest BCUT2D eigenvalue weighted by atomic mass is 9.75. The first kappa shape index (κ1) is 14.9. The Morgan fingerprint density at radius 2 is 2.00 bits per heavy atom. The monoisotopic (exact) mass is 287 g/mol. The fraction of sp³-hybridized carbons (Fsp3) is 0.684. The van der Waals surface area contributed by atoms with Gasteiger partial charge >= 0.3 is 0 Å². The summed E-state index contributed by atoms with van der Waals surface area (Å²) in [4.78, 5) is 0. The SMILES string of the molecule is COc1ccc2c(c1)C(NCC1(C)CCCCC1)CCC2. The fourth-order valence-electron chi connectivity index (χ4n) is 4.07. The first-order valence-corrected chi connectivity index (χ1v) is 8.60. The van der Waals surface area contributed by atoms with Gasteiger partial charge in [0.25, 0.3) is 0 Å². The van der Waals surface area contributed by atoms with Crippen LogP contribution < -0.4 is 10.1 Å². The fourth-order valence-corrected chi connectivity index (χ4v) is 4.07. The number of benzene rings is 1. The van der Waals surface area contributed by atoms with Crippen LogP contribution in [0.2, 0.25) is 0 Å². The van der Waals surface area contributed by atoms with E-state index in [1.54, 1.807) is 7.11 Å². The number of hydrogen-bond acceptors (Lipinski definition) is 2. The van der Waals surface area contributed by atoms with Crippen molar-refractivity contribution in [3.05, 3.63) is 29.3 Å². The quantitative estimate of drug-likeness (QED) is 0.871. The minimum absolute atomic E-state index is 0.509. The lowest BCUT2D eigenvalue weighted by Gasteiger charge is -2.36. The van der Waals surface area contributed by atoms with Gasteiger partial charge in [-0.1, -0.05) is 32.3 Å². The van der Waals surface area contributed by atoms with Gasteiger partial charge in [-0.25, -0.2) is 0 Å². The first-order valence-electron chi connectivity index (χ1n) is 8.60. The van der Waals surface area contributed by atoms with Crippen molar-refractivity contribution in [2.45, 2.75) is 64.3 Å². The molecule has 1 saturated carbocycles. The van der Waals surface area contributed by atoms with Crippen LogP contribution in [0.5, 0.6) is 5.75 Å². The highest BCUT2D eigenvalue weighted by Crippen LogP contribution is 2.37. The third-order valence-electron chi connectivity index (χ3n) is 5.50. The molecule has 1 fully saturated rings. The lowest BCUT2D eigenvalue weighted by Crippen LogP contribution is -2.36. The molecule has 21 heavy (non-hydrogen) atoms. The Morgan fingerprint density at radius 3 is 2.76 bits per heavy atom. The van der Waals surface area contributed by atoms with Crippen molar-refractivity contribution in [3.8, 4) is 5.75 Å². The van der Waals surface area contributed by atoms with E-state index < -0.39 is 0 Å². The van der Waals surface area contributed by atoms with Gasteiger partial charge in [-0.15, -0.1) is 0 Å². The number of fused-ring (bicyclic) bond motifs is 1. The van der Waals surface area contributed by atoms with Crippen LogP contribution in [-0.4, -0.2) is 13.7 Å². The molecule has 0 aliphatic heterocycles. The summed E-state index contributed by atoms with van der Waals surface area (Å²) >= 11 is 0. The maximum atomic E-state index is 5.42. The van der Waals surface area contributed by atoms with Gasteiger partial charge < -0.3 is 10.1 Å². The molecule has 0 amide bonds. The second-order valence-corrected chi connectivity index (χ2v) is 7.26. The zero-order valence-corrected chi connectivity index (χ0v) is 13.6. The Balaban J connectivity index is 1.69. The zero-order valence-electron chi connectivity index (χ0n) is 13.6. The summed E-state index contributed by atoms with van der Waals surface area (Å²) in [5, 5.41) is 3.88. The zero-order chi connectivity index (χ0) is 14.7. The Morgan fingerprint density at radius 1 is 1.19 bits per heavy atom. The van der Waals surface area contributed by atoms with Crippen molar-refractivity contribution < 1.29 is 4.74 Å². The van der Waals surface area contributed by atoms with Crippen LogP contribution in [0.3, 0.4) is 0 Å². The summed E-state index contributed by atoms with van der Waals surface area (Å²) in [6, 6.07) is 7.12. The Labute approximate surface area is 129 Å². The molecule has 116 valence electrons. The molecule has 1 unspecified atom stereocenters. The number of ether oxygens (including phenoxy) is 1. The van der Waals surface area contributed by atoms with Crippen LogP contribution >= 0.6 is 0 Å². The highest BCUT2D eigenvalue weighted by Gasteiger charge is 2.28. The Bertz CT molecular complexity index is 476. The van der Waals surface area contributed by atoms with Crippen LogP contribution in [0.1, 0.15) is 69.0 Å². The molecule has 1 aromatic rings. The average Bonchev–Trinajstić information content (AvgIpc) is 2.53. The van der Waals surface area contributed by atoms with Crippen molar-refractivity contribution in [3.63, 3.8) is 0 Å². The molecule has 0 saturated heterocycles. The van der Waals surface area contributed by atoms with E-state index in [2.05, 4.69) is 30.4 Å². The first-order chi connectivity index (χ1) is 10.2. The van der Waals surface area contributed by atoms with Gasteiger partial charge in [0.05, 0.1) is 7.11 Å². The molecule has 0 aromatic heterocycles. The summed E-state index contributed by atoms with van der Waals surface area (Å²) in [6.45, 7) is 3.63. The molecule has 1 atom stereocenters. The standard InChI is InChI=1S/C19H29NO/c1-19(11-4-3-5-12-19)14-20-18-8-6-7-15-9-10-16(21-2)13-17(15)18/h9-10,13,18,20H,3-8,11-12,14H2,1-2H3. The minimum Gasteiger partial charge on any atom is -0.497 e. The van der Waals surface area contributed by atoms with E-state index in [1.807, 2.05) is 0 Å². The lowest BCUT2D eigenvalue weighted by molar-refractivity contribution is 0.197. The average molecular weight is 287 g/mol. The molecule has 0 heterocycles. The van der Waals surface area contributed by atoms with Gasteiger partial charge in [-0.05, 0) is 60.8 Å². The van der Waals surface area contributed by atoms with Crippen LogP contribution in [0, 0.1) is 5.41 Å². The smallest absolute Gasteiger partial charge is 0.119 e. The van der Waals surface area contributed by atoms with Crippen LogP contribution in [0.25, 0.3) is 0 Å². The van der Waals surface area contributed by atoms with Crippen LogP contribution in [0.15, 0.2) is 18.2 Å². The van der Waals surface area contributed by atoms with Gasteiger partial charge in [0.1, 0.15) is 5.75 Å². The minimum atomic E-state index is 0.509. The molecular formula is C19H29NO. The predicted octanol–water partition coefficient (Wildman–Crippen LogP) is 4.63. The predicted molar refractivity (Wildman–Crippen MR) is 87.9 cm³/mol. The normalized spacial score (nSPS) is 24.4. The summed E-state index contributed by atoms with van der Waals surface area (Å²) in [6.07, 6.45) is 10.8. The van der Waals surface area contributed by atoms with Crippen molar-refractivity contribution in [1.82, 2.24) is 5.32 Å². The number of aryl methyl sites for hydroxylation is 1. The van der Waals surface area contributed by atoms with Crippen LogP contribution in [0.4, 0.5) is 0 Å². The molecule has 2 aliphatic rings. The third-order valence-corrected chi connectivity index (χ3v) is 5.50. The largest absolute Gasteiger partial charge is 0.497 e. The van der Waals surface area contributed by atoms with E-state index in [0.717, 1.165) is 12.3 Å². The molecule has 2 aliphatic carbocycles. The Hall–Kier alpha value is -1.02. The van der Waals surface area contributed by atoms with Crippen molar-refractivity contribution in [2.75, 3.05) is 13.7 Å². The molecule has 2 heteroatoms. The second kappa shape index (κ2) is 6.39. The molecule has 0 radical (unpaired) electrons. The van der Waals surface area contributed by atoms with Crippen molar-refractivity contribution in [2.24, 2.45) is 5.41 Å². The van der Waals surface area contributed by atoms with Gasteiger partial charge in [0, 0.05) is 12.6 Å². The number of nitrogens with one attached hydrogen (secondary N) is 1. The van der Waals surface area contributed by atoms with Crippen molar-refractivity contribution >= 4 is 0 Å². The summed E-state index contributed by atoms with van der Waals surface area (Å²) in [7, 11) is 1.76. The van der Waals surface area contributed by atoms with Gasteiger partial charge in [-0.2, -0.15) is 0 Å². The maximum absolute atomic E-state index is 5.42. The van der Waals surface area contributed by atoms with Crippen LogP contribution in [-0.2, 0) is 6.42 Å². The number of hydrogen-bond donors (Lipinski definition) is 1. The maximum Gasteiger partial charge on any atom is 0.119 e. The second-order valence-electron chi connectivity index (χ2n) is 7.26. The molecule has 2 nitrogen and oxygen atoms in total. The summed E-state index contributed by atoms with van der Waals surface area (Å²) in [5.41, 5.74) is 3.49. The van der Waals surface area contributed by atoms with Gasteiger partial charge in [0.15, 0.2) is 0 Å². The van der Waals surface area contributed by atoms with E-state index in [-0.39, 0.29) is 0 Å². The van der Waals surface area contributed by atoms with E-state index in [0.29, 0.717) is 11.5 Å². The summed E-state index contributed by atoms with van der Waals surface area (Å²) in [5.74, 6) is 0.992. The molecule has 0 spiro atoms. The van der Waals surface area contributed by atoms with E-state index >= 15 is 0 Å². The van der Waals surface area contributed by atoms with Crippen molar-refractivity contribution in [1.29, 1.82) is 0 Å². The van der Waals surface area contributed by atoms with E-state index in [1.165, 1.54) is 62.5 Å². The molecule has 3 rings (SSSR count). The van der Waals surface area contributed by atoms with Gasteiger partial charge in [-0.3, -0.25) is 0 Å². The topological polar surface area (TPSA) is 21.3 Å². The third kappa shape index (κ3) is 3.42. The highest BCUT2D eigenvalue weighted by molar-refractivity contribution is 5.39. The molecular weight excluding hydrogens is 258 g/mol. The summed E-state index contributed by atoms with van der Waals surface area (Å²) < 4.78 is 5.42. The highest BCUT2D eigenvalue weighted by atomic mass is 16.5. The molecule has 0 bridgehead atoms. The van der Waals surface area contributed by atoms with E-state index in [4.69, 9.17) is 4.74 Å².